The fourth-order valence-corrected chi connectivity index (χ4v) is 3.04. The molecule has 17 heavy (non-hydrogen) atoms. The lowest BCUT2D eigenvalue weighted by Crippen LogP contribution is -2.23. The van der Waals surface area contributed by atoms with Gasteiger partial charge in [0, 0.05) is 28.7 Å². The Morgan fingerprint density at radius 3 is 3.12 bits per heavy atom. The Labute approximate surface area is 112 Å². The topological polar surface area (TPSA) is 48.1 Å². The molecule has 0 amide bonds. The Morgan fingerprint density at radius 2 is 2.35 bits per heavy atom. The molecule has 1 aromatic carbocycles. The van der Waals surface area contributed by atoms with Crippen molar-refractivity contribution in [1.82, 2.24) is 4.98 Å². The van der Waals surface area contributed by atoms with Gasteiger partial charge in [-0.1, -0.05) is 22.0 Å². The monoisotopic (exact) mass is 310 g/mol. The number of halogens is 1. The van der Waals surface area contributed by atoms with Gasteiger partial charge < -0.3 is 10.5 Å². The molecular weight excluding hydrogens is 300 g/mol. The number of fused-ring (bicyclic) bond motifs is 1. The van der Waals surface area contributed by atoms with Gasteiger partial charge in [0.25, 0.3) is 0 Å². The predicted molar refractivity (Wildman–Crippen MR) is 71.2 cm³/mol. The van der Waals surface area contributed by atoms with Gasteiger partial charge in [0.2, 0.25) is 0 Å². The van der Waals surface area contributed by atoms with E-state index >= 15 is 0 Å². The minimum Gasteiger partial charge on any atom is -0.484 e. The molecule has 3 rings (SSSR count). The summed E-state index contributed by atoms with van der Waals surface area (Å²) in [4.78, 5) is 5.22. The fourth-order valence-electron chi connectivity index (χ4n) is 2.03. The van der Waals surface area contributed by atoms with Crippen LogP contribution in [-0.4, -0.2) is 4.98 Å². The van der Waals surface area contributed by atoms with Crippen LogP contribution < -0.4 is 10.5 Å². The Hall–Kier alpha value is -0.910. The molecule has 2 N–H and O–H groups in total. The summed E-state index contributed by atoms with van der Waals surface area (Å²) >= 11 is 5.06. The number of aromatic nitrogens is 1. The molecule has 1 unspecified atom stereocenters. The molecule has 88 valence electrons. The number of benzene rings is 1. The third kappa shape index (κ3) is 2.10. The van der Waals surface area contributed by atoms with Gasteiger partial charge in [-0.2, -0.15) is 0 Å². The van der Waals surface area contributed by atoms with E-state index in [2.05, 4.69) is 20.9 Å². The second kappa shape index (κ2) is 4.40. The highest BCUT2D eigenvalue weighted by Gasteiger charge is 2.27. The molecule has 0 spiro atoms. The van der Waals surface area contributed by atoms with Crippen molar-refractivity contribution in [2.75, 3.05) is 0 Å². The van der Waals surface area contributed by atoms with Crippen LogP contribution in [-0.2, 0) is 0 Å². The molecule has 5 heteroatoms. The maximum atomic E-state index is 6.18. The summed E-state index contributed by atoms with van der Waals surface area (Å²) in [6, 6.07) is 6.02. The molecular formula is C12H11BrN2OS. The van der Waals surface area contributed by atoms with E-state index < -0.39 is 0 Å². The number of nitrogens with two attached hydrogens (primary N) is 1. The van der Waals surface area contributed by atoms with E-state index in [4.69, 9.17) is 10.5 Å². The number of hydrogen-bond donors (Lipinski definition) is 1. The molecule has 0 bridgehead atoms. The highest BCUT2D eigenvalue weighted by atomic mass is 79.9. The third-order valence-electron chi connectivity index (χ3n) is 2.88. The maximum absolute atomic E-state index is 6.18. The zero-order valence-corrected chi connectivity index (χ0v) is 11.4. The average Bonchev–Trinajstić information content (AvgIpc) is 2.81. The Balaban J connectivity index is 1.97. The lowest BCUT2D eigenvalue weighted by molar-refractivity contribution is 0.164. The molecule has 0 aliphatic carbocycles. The second-order valence-corrected chi connectivity index (χ2v) is 5.87. The van der Waals surface area contributed by atoms with Crippen LogP contribution in [0, 0.1) is 0 Å². The Bertz CT molecular complexity index is 529. The number of thiazole rings is 1. The van der Waals surface area contributed by atoms with Crippen molar-refractivity contribution in [1.29, 1.82) is 0 Å². The predicted octanol–water partition coefficient (Wildman–Crippen LogP) is 3.43. The SMILES string of the molecule is N[C@H]1CC(c2cncs2)Oc2cc(Br)ccc21. The summed E-state index contributed by atoms with van der Waals surface area (Å²) in [7, 11) is 0. The van der Waals surface area contributed by atoms with E-state index in [-0.39, 0.29) is 12.1 Å². The molecule has 1 aliphatic heterocycles. The van der Waals surface area contributed by atoms with Crippen LogP contribution in [0.25, 0.3) is 0 Å². The van der Waals surface area contributed by atoms with Crippen molar-refractivity contribution in [3.05, 3.63) is 44.8 Å². The first kappa shape index (κ1) is 11.2. The largest absolute Gasteiger partial charge is 0.484 e. The van der Waals surface area contributed by atoms with E-state index in [1.807, 2.05) is 29.9 Å². The fraction of sp³-hybridized carbons (Fsp3) is 0.250. The second-order valence-electron chi connectivity index (χ2n) is 4.03. The van der Waals surface area contributed by atoms with Crippen LogP contribution in [0.1, 0.15) is 29.0 Å². The van der Waals surface area contributed by atoms with Gasteiger partial charge in [-0.05, 0) is 12.1 Å². The smallest absolute Gasteiger partial charge is 0.136 e. The first-order valence-electron chi connectivity index (χ1n) is 5.34. The maximum Gasteiger partial charge on any atom is 0.136 e. The number of ether oxygens (including phenoxy) is 1. The van der Waals surface area contributed by atoms with E-state index in [0.29, 0.717) is 0 Å². The first-order chi connectivity index (χ1) is 8.24. The number of rotatable bonds is 1. The van der Waals surface area contributed by atoms with Crippen molar-refractivity contribution in [2.24, 2.45) is 5.73 Å². The summed E-state index contributed by atoms with van der Waals surface area (Å²) in [6.07, 6.45) is 2.68. The van der Waals surface area contributed by atoms with Crippen molar-refractivity contribution in [2.45, 2.75) is 18.6 Å². The zero-order chi connectivity index (χ0) is 11.8. The Morgan fingerprint density at radius 1 is 1.47 bits per heavy atom. The van der Waals surface area contributed by atoms with Gasteiger partial charge in [0.05, 0.1) is 10.4 Å². The lowest BCUT2D eigenvalue weighted by Gasteiger charge is -2.29. The van der Waals surface area contributed by atoms with Gasteiger partial charge in [-0.3, -0.25) is 4.98 Å². The lowest BCUT2D eigenvalue weighted by atomic mass is 9.97. The van der Waals surface area contributed by atoms with Gasteiger partial charge >= 0.3 is 0 Å². The number of nitrogens with zero attached hydrogens (tertiary/aromatic N) is 1. The van der Waals surface area contributed by atoms with Crippen LogP contribution in [0.15, 0.2) is 34.4 Å². The molecule has 1 aromatic heterocycles. The van der Waals surface area contributed by atoms with Gasteiger partial charge in [0.1, 0.15) is 11.9 Å². The normalized spacial score (nSPS) is 22.9. The molecule has 0 saturated heterocycles. The first-order valence-corrected chi connectivity index (χ1v) is 7.01. The summed E-state index contributed by atoms with van der Waals surface area (Å²) in [5.74, 6) is 0.872. The summed E-state index contributed by atoms with van der Waals surface area (Å²) in [5.41, 5.74) is 9.08. The quantitative estimate of drug-likeness (QED) is 0.878. The molecule has 0 saturated carbocycles. The molecule has 3 nitrogen and oxygen atoms in total. The van der Waals surface area contributed by atoms with Crippen molar-refractivity contribution in [3.63, 3.8) is 0 Å². The Kier molecular flexibility index (Phi) is 2.90. The standard InChI is InChI=1S/C12H11BrN2OS/c13-7-1-2-8-9(14)4-11(16-10(8)3-7)12-5-15-6-17-12/h1-3,5-6,9,11H,4,14H2/t9-,11?/m0/s1. The summed E-state index contributed by atoms with van der Waals surface area (Å²) < 4.78 is 7.00. The van der Waals surface area contributed by atoms with Gasteiger partial charge in [-0.25, -0.2) is 0 Å². The molecule has 0 radical (unpaired) electrons. The highest BCUT2D eigenvalue weighted by Crippen LogP contribution is 2.41. The van der Waals surface area contributed by atoms with E-state index in [1.54, 1.807) is 11.3 Å². The number of hydrogen-bond acceptors (Lipinski definition) is 4. The van der Waals surface area contributed by atoms with Crippen molar-refractivity contribution in [3.8, 4) is 5.75 Å². The van der Waals surface area contributed by atoms with Crippen molar-refractivity contribution < 1.29 is 4.74 Å². The molecule has 2 atom stereocenters. The van der Waals surface area contributed by atoms with Crippen LogP contribution in [0.3, 0.4) is 0 Å². The third-order valence-corrected chi connectivity index (χ3v) is 4.24. The van der Waals surface area contributed by atoms with Crippen LogP contribution in [0.4, 0.5) is 0 Å². The van der Waals surface area contributed by atoms with Gasteiger partial charge in [-0.15, -0.1) is 11.3 Å². The molecule has 2 heterocycles. The van der Waals surface area contributed by atoms with Crippen LogP contribution >= 0.6 is 27.3 Å². The average molecular weight is 311 g/mol. The van der Waals surface area contributed by atoms with E-state index in [0.717, 1.165) is 27.1 Å². The summed E-state index contributed by atoms with van der Waals surface area (Å²) in [5, 5.41) is 0. The molecule has 1 aliphatic rings. The summed E-state index contributed by atoms with van der Waals surface area (Å²) in [6.45, 7) is 0. The minimum atomic E-state index is 0.0268. The van der Waals surface area contributed by atoms with E-state index in [9.17, 15) is 0 Å². The van der Waals surface area contributed by atoms with Crippen LogP contribution in [0.2, 0.25) is 0 Å². The molecule has 2 aromatic rings. The zero-order valence-electron chi connectivity index (χ0n) is 8.97. The minimum absolute atomic E-state index is 0.0268. The van der Waals surface area contributed by atoms with Crippen LogP contribution in [0.5, 0.6) is 5.75 Å². The van der Waals surface area contributed by atoms with Crippen molar-refractivity contribution >= 4 is 27.3 Å². The van der Waals surface area contributed by atoms with Gasteiger partial charge in [0.15, 0.2) is 0 Å². The molecule has 0 fully saturated rings. The highest BCUT2D eigenvalue weighted by molar-refractivity contribution is 9.10. The van der Waals surface area contributed by atoms with E-state index in [1.165, 1.54) is 0 Å².